The van der Waals surface area contributed by atoms with Crippen molar-refractivity contribution in [2.75, 3.05) is 13.7 Å². The number of rotatable bonds is 9. The highest BCUT2D eigenvalue weighted by Gasteiger charge is 2.34. The summed E-state index contributed by atoms with van der Waals surface area (Å²) in [6.07, 6.45) is 0.966. The molecule has 1 N–H and O–H groups in total. The SMILES string of the molecule is CCC(C)c1ccc(S(=O)(=O)OCC(O)(c2ccc(C)cc2)c2ccc(OC)cc2)cc1. The molecule has 0 fully saturated rings. The zero-order chi connectivity index (χ0) is 23.4. The summed E-state index contributed by atoms with van der Waals surface area (Å²) in [7, 11) is -2.51. The molecule has 3 rings (SSSR count). The fourth-order valence-electron chi connectivity index (χ4n) is 3.46. The number of aryl methyl sites for hydroxylation is 1. The maximum Gasteiger partial charge on any atom is 0.297 e. The number of methoxy groups -OCH3 is 1. The normalized spacial score (nSPS) is 14.5. The second-order valence-electron chi connectivity index (χ2n) is 8.05. The molecule has 0 radical (unpaired) electrons. The molecule has 0 aromatic heterocycles. The van der Waals surface area contributed by atoms with Gasteiger partial charge in [-0.05, 0) is 60.2 Å². The Balaban J connectivity index is 1.91. The van der Waals surface area contributed by atoms with Gasteiger partial charge in [-0.2, -0.15) is 8.42 Å². The molecule has 0 saturated heterocycles. The van der Waals surface area contributed by atoms with Gasteiger partial charge in [0.1, 0.15) is 18.0 Å². The Hall–Kier alpha value is -2.67. The van der Waals surface area contributed by atoms with Crippen LogP contribution in [0.15, 0.2) is 77.7 Å². The Labute approximate surface area is 190 Å². The second-order valence-corrected chi connectivity index (χ2v) is 9.66. The molecule has 0 saturated carbocycles. The summed E-state index contributed by atoms with van der Waals surface area (Å²) in [5, 5.41) is 11.6. The van der Waals surface area contributed by atoms with Crippen LogP contribution in [0, 0.1) is 6.92 Å². The van der Waals surface area contributed by atoms with Crippen molar-refractivity contribution < 1.29 is 22.4 Å². The quantitative estimate of drug-likeness (QED) is 0.452. The van der Waals surface area contributed by atoms with Crippen LogP contribution in [-0.4, -0.2) is 27.2 Å². The van der Waals surface area contributed by atoms with Gasteiger partial charge in [-0.1, -0.05) is 67.9 Å². The number of hydrogen-bond donors (Lipinski definition) is 1. The summed E-state index contributed by atoms with van der Waals surface area (Å²) in [6, 6.07) is 20.8. The van der Waals surface area contributed by atoms with E-state index in [9.17, 15) is 13.5 Å². The molecular weight excluding hydrogens is 424 g/mol. The monoisotopic (exact) mass is 454 g/mol. The Morgan fingerprint density at radius 1 is 0.906 bits per heavy atom. The summed E-state index contributed by atoms with van der Waals surface area (Å²) in [5.41, 5.74) is 1.48. The molecular formula is C26H30O5S. The van der Waals surface area contributed by atoms with E-state index in [-0.39, 0.29) is 4.90 Å². The van der Waals surface area contributed by atoms with Crippen molar-refractivity contribution >= 4 is 10.1 Å². The summed E-state index contributed by atoms with van der Waals surface area (Å²) in [4.78, 5) is 0.0607. The van der Waals surface area contributed by atoms with Crippen molar-refractivity contribution in [2.24, 2.45) is 0 Å². The van der Waals surface area contributed by atoms with Gasteiger partial charge in [-0.25, -0.2) is 0 Å². The minimum Gasteiger partial charge on any atom is -0.497 e. The highest BCUT2D eigenvalue weighted by Crippen LogP contribution is 2.33. The topological polar surface area (TPSA) is 72.8 Å². The molecule has 5 nitrogen and oxygen atoms in total. The summed E-state index contributed by atoms with van der Waals surface area (Å²) in [6.45, 7) is 5.66. The van der Waals surface area contributed by atoms with Crippen molar-refractivity contribution in [1.82, 2.24) is 0 Å². The standard InChI is InChI=1S/C26H30O5S/c1-5-20(3)21-8-16-25(17-9-21)32(28,29)31-18-26(27,22-10-6-19(2)7-11-22)23-12-14-24(30-4)15-13-23/h6-17,20,27H,5,18H2,1-4H3. The van der Waals surface area contributed by atoms with Crippen molar-refractivity contribution in [1.29, 1.82) is 0 Å². The first-order valence-corrected chi connectivity index (χ1v) is 12.0. The van der Waals surface area contributed by atoms with Gasteiger partial charge in [-0.3, -0.25) is 4.18 Å². The molecule has 3 aromatic rings. The van der Waals surface area contributed by atoms with E-state index >= 15 is 0 Å². The lowest BCUT2D eigenvalue weighted by molar-refractivity contribution is 0.0299. The maximum atomic E-state index is 12.9. The third-order valence-electron chi connectivity index (χ3n) is 5.87. The molecule has 3 aromatic carbocycles. The van der Waals surface area contributed by atoms with Gasteiger partial charge in [0, 0.05) is 0 Å². The van der Waals surface area contributed by atoms with E-state index < -0.39 is 22.3 Å². The highest BCUT2D eigenvalue weighted by molar-refractivity contribution is 7.86. The van der Waals surface area contributed by atoms with Crippen LogP contribution in [0.4, 0.5) is 0 Å². The summed E-state index contributed by atoms with van der Waals surface area (Å²) in [5.74, 6) is 0.976. The van der Waals surface area contributed by atoms with Gasteiger partial charge in [0.2, 0.25) is 0 Å². The van der Waals surface area contributed by atoms with Crippen LogP contribution in [0.3, 0.4) is 0 Å². The zero-order valence-corrected chi connectivity index (χ0v) is 19.7. The lowest BCUT2D eigenvalue weighted by Crippen LogP contribution is -2.34. The molecule has 0 heterocycles. The van der Waals surface area contributed by atoms with Gasteiger partial charge >= 0.3 is 0 Å². The fraction of sp³-hybridized carbons (Fsp3) is 0.308. The van der Waals surface area contributed by atoms with Crippen LogP contribution in [0.2, 0.25) is 0 Å². The van der Waals surface area contributed by atoms with Crippen LogP contribution in [0.5, 0.6) is 5.75 Å². The molecule has 0 bridgehead atoms. The lowest BCUT2D eigenvalue weighted by atomic mass is 9.86. The van der Waals surface area contributed by atoms with E-state index in [1.807, 2.05) is 19.1 Å². The van der Waals surface area contributed by atoms with Gasteiger partial charge in [0.15, 0.2) is 0 Å². The molecule has 0 amide bonds. The molecule has 32 heavy (non-hydrogen) atoms. The predicted molar refractivity (Wildman–Crippen MR) is 125 cm³/mol. The smallest absolute Gasteiger partial charge is 0.297 e. The summed E-state index contributed by atoms with van der Waals surface area (Å²) >= 11 is 0. The molecule has 0 aliphatic carbocycles. The molecule has 0 spiro atoms. The number of aliphatic hydroxyl groups is 1. The van der Waals surface area contributed by atoms with E-state index in [1.54, 1.807) is 67.8 Å². The Bertz CT molecular complexity index is 1120. The number of benzene rings is 3. The first-order valence-electron chi connectivity index (χ1n) is 10.6. The average molecular weight is 455 g/mol. The number of hydrogen-bond acceptors (Lipinski definition) is 5. The van der Waals surface area contributed by atoms with Gasteiger partial charge in [-0.15, -0.1) is 0 Å². The van der Waals surface area contributed by atoms with Crippen LogP contribution in [0.25, 0.3) is 0 Å². The van der Waals surface area contributed by atoms with E-state index in [0.29, 0.717) is 22.8 Å². The van der Waals surface area contributed by atoms with Gasteiger partial charge in [0.25, 0.3) is 10.1 Å². The van der Waals surface area contributed by atoms with E-state index in [0.717, 1.165) is 17.5 Å². The van der Waals surface area contributed by atoms with Crippen LogP contribution >= 0.6 is 0 Å². The maximum absolute atomic E-state index is 12.9. The number of ether oxygens (including phenoxy) is 1. The third-order valence-corrected chi connectivity index (χ3v) is 7.15. The van der Waals surface area contributed by atoms with Gasteiger partial charge in [0.05, 0.1) is 12.0 Å². The largest absolute Gasteiger partial charge is 0.497 e. The first-order chi connectivity index (χ1) is 15.2. The van der Waals surface area contributed by atoms with E-state index in [2.05, 4.69) is 13.8 Å². The minimum absolute atomic E-state index is 0.0607. The third kappa shape index (κ3) is 5.21. The van der Waals surface area contributed by atoms with Crippen molar-refractivity contribution in [3.63, 3.8) is 0 Å². The predicted octanol–water partition coefficient (Wildman–Crippen LogP) is 5.16. The fourth-order valence-corrected chi connectivity index (χ4v) is 4.39. The first kappa shape index (κ1) is 24.0. The van der Waals surface area contributed by atoms with E-state index in [4.69, 9.17) is 8.92 Å². The van der Waals surface area contributed by atoms with Gasteiger partial charge < -0.3 is 9.84 Å². The molecule has 0 aliphatic rings. The molecule has 2 unspecified atom stereocenters. The average Bonchev–Trinajstić information content (AvgIpc) is 2.82. The molecule has 170 valence electrons. The Morgan fingerprint density at radius 3 is 1.94 bits per heavy atom. The van der Waals surface area contributed by atoms with E-state index in [1.165, 1.54) is 0 Å². The Morgan fingerprint density at radius 2 is 1.44 bits per heavy atom. The summed E-state index contributed by atoms with van der Waals surface area (Å²) < 4.78 is 36.4. The van der Waals surface area contributed by atoms with Crippen molar-refractivity contribution in [3.05, 3.63) is 95.1 Å². The zero-order valence-electron chi connectivity index (χ0n) is 18.9. The van der Waals surface area contributed by atoms with Crippen molar-refractivity contribution in [3.8, 4) is 5.75 Å². The second kappa shape index (κ2) is 9.86. The molecule has 6 heteroatoms. The highest BCUT2D eigenvalue weighted by atomic mass is 32.2. The van der Waals surface area contributed by atoms with Crippen LogP contribution in [0.1, 0.15) is 48.4 Å². The Kier molecular flexibility index (Phi) is 7.39. The van der Waals surface area contributed by atoms with Crippen LogP contribution in [-0.2, 0) is 19.9 Å². The molecule has 2 atom stereocenters. The lowest BCUT2D eigenvalue weighted by Gasteiger charge is -2.29. The van der Waals surface area contributed by atoms with Crippen LogP contribution < -0.4 is 4.74 Å². The van der Waals surface area contributed by atoms with Crippen molar-refractivity contribution in [2.45, 2.75) is 43.6 Å². The minimum atomic E-state index is -4.06. The molecule has 0 aliphatic heterocycles.